The number of hydrogen-bond acceptors (Lipinski definition) is 2. The molecule has 0 heterocycles. The lowest BCUT2D eigenvalue weighted by Gasteiger charge is -2.05. The number of esters is 1. The van der Waals surface area contributed by atoms with Gasteiger partial charge in [0.15, 0.2) is 0 Å². The van der Waals surface area contributed by atoms with Gasteiger partial charge in [0.25, 0.3) is 0 Å². The lowest BCUT2D eigenvalue weighted by molar-refractivity contribution is -0.140. The van der Waals surface area contributed by atoms with Gasteiger partial charge in [-0.3, -0.25) is 4.79 Å². The zero-order chi connectivity index (χ0) is 10.1. The highest BCUT2D eigenvalue weighted by Crippen LogP contribution is 2.08. The maximum Gasteiger partial charge on any atom is 0.302 e. The van der Waals surface area contributed by atoms with Crippen molar-refractivity contribution in [2.45, 2.75) is 46.0 Å². The monoisotopic (exact) mass is 184 g/mol. The average molecular weight is 184 g/mol. The van der Waals surface area contributed by atoms with Crippen LogP contribution in [0.3, 0.4) is 0 Å². The van der Waals surface area contributed by atoms with Crippen molar-refractivity contribution in [2.75, 3.05) is 6.61 Å². The van der Waals surface area contributed by atoms with Gasteiger partial charge in [0, 0.05) is 6.92 Å². The standard InChI is InChI=1S/C11H20O2/c1-4-5-6-7-8-10(2)9-13-11(3)12/h2,4-9H2,1,3H3. The Morgan fingerprint density at radius 2 is 2.00 bits per heavy atom. The molecule has 0 saturated heterocycles. The van der Waals surface area contributed by atoms with Gasteiger partial charge >= 0.3 is 5.97 Å². The van der Waals surface area contributed by atoms with Gasteiger partial charge in [-0.2, -0.15) is 0 Å². The number of carbonyl (C=O) groups is 1. The van der Waals surface area contributed by atoms with Gasteiger partial charge in [-0.05, 0) is 18.4 Å². The van der Waals surface area contributed by atoms with Crippen LogP contribution in [0.25, 0.3) is 0 Å². The van der Waals surface area contributed by atoms with Crippen LogP contribution in [0.5, 0.6) is 0 Å². The van der Waals surface area contributed by atoms with Gasteiger partial charge in [-0.25, -0.2) is 0 Å². The van der Waals surface area contributed by atoms with E-state index in [0.717, 1.165) is 18.4 Å². The smallest absolute Gasteiger partial charge is 0.302 e. The number of hydrogen-bond donors (Lipinski definition) is 0. The molecule has 0 aliphatic carbocycles. The molecule has 0 aromatic rings. The van der Waals surface area contributed by atoms with Gasteiger partial charge in [-0.15, -0.1) is 0 Å². The minimum Gasteiger partial charge on any atom is -0.461 e. The SMILES string of the molecule is C=C(CCCCCC)COC(C)=O. The Bertz CT molecular complexity index is 161. The van der Waals surface area contributed by atoms with Crippen LogP contribution in [0.1, 0.15) is 46.0 Å². The summed E-state index contributed by atoms with van der Waals surface area (Å²) in [4.78, 5) is 10.5. The molecule has 2 nitrogen and oxygen atoms in total. The lowest BCUT2D eigenvalue weighted by Crippen LogP contribution is -2.02. The molecule has 0 fully saturated rings. The van der Waals surface area contributed by atoms with Crippen LogP contribution in [-0.4, -0.2) is 12.6 Å². The third kappa shape index (κ3) is 9.12. The predicted octanol–water partition coefficient (Wildman–Crippen LogP) is 3.08. The molecule has 0 spiro atoms. The maximum atomic E-state index is 10.5. The molecule has 0 saturated carbocycles. The first-order valence-electron chi connectivity index (χ1n) is 4.96. The first-order valence-corrected chi connectivity index (χ1v) is 4.96. The van der Waals surface area contributed by atoms with Gasteiger partial charge in [0.05, 0.1) is 0 Å². The van der Waals surface area contributed by atoms with E-state index in [4.69, 9.17) is 4.74 Å². The molecule has 0 rings (SSSR count). The second kappa shape index (κ2) is 7.84. The summed E-state index contributed by atoms with van der Waals surface area (Å²) in [7, 11) is 0. The van der Waals surface area contributed by atoms with Crippen molar-refractivity contribution in [1.82, 2.24) is 0 Å². The van der Waals surface area contributed by atoms with E-state index in [1.807, 2.05) is 0 Å². The van der Waals surface area contributed by atoms with E-state index >= 15 is 0 Å². The summed E-state index contributed by atoms with van der Waals surface area (Å²) in [5, 5.41) is 0. The second-order valence-corrected chi connectivity index (χ2v) is 3.34. The summed E-state index contributed by atoms with van der Waals surface area (Å²) in [5.74, 6) is -0.227. The van der Waals surface area contributed by atoms with Crippen LogP contribution < -0.4 is 0 Å². The predicted molar refractivity (Wildman–Crippen MR) is 54.5 cm³/mol. The molecule has 76 valence electrons. The molecule has 0 aromatic carbocycles. The normalized spacial score (nSPS) is 9.69. The zero-order valence-corrected chi connectivity index (χ0v) is 8.77. The van der Waals surface area contributed by atoms with Crippen molar-refractivity contribution >= 4 is 5.97 Å². The van der Waals surface area contributed by atoms with E-state index in [1.54, 1.807) is 0 Å². The molecule has 0 atom stereocenters. The topological polar surface area (TPSA) is 26.3 Å². The molecule has 0 amide bonds. The molecule has 0 aliphatic rings. The van der Waals surface area contributed by atoms with Gasteiger partial charge in [0.2, 0.25) is 0 Å². The van der Waals surface area contributed by atoms with Crippen LogP contribution >= 0.6 is 0 Å². The Hall–Kier alpha value is -0.790. The van der Waals surface area contributed by atoms with Crippen molar-refractivity contribution in [3.8, 4) is 0 Å². The van der Waals surface area contributed by atoms with E-state index in [0.29, 0.717) is 6.61 Å². The van der Waals surface area contributed by atoms with Crippen molar-refractivity contribution in [2.24, 2.45) is 0 Å². The first kappa shape index (κ1) is 12.2. The number of unbranched alkanes of at least 4 members (excludes halogenated alkanes) is 3. The van der Waals surface area contributed by atoms with E-state index in [-0.39, 0.29) is 5.97 Å². The van der Waals surface area contributed by atoms with Crippen LogP contribution in [0.15, 0.2) is 12.2 Å². The number of carbonyl (C=O) groups excluding carboxylic acids is 1. The Morgan fingerprint density at radius 1 is 1.31 bits per heavy atom. The number of ether oxygens (including phenoxy) is 1. The summed E-state index contributed by atoms with van der Waals surface area (Å²) in [6, 6.07) is 0. The van der Waals surface area contributed by atoms with Crippen LogP contribution in [0.2, 0.25) is 0 Å². The Labute approximate surface area is 81.0 Å². The molecule has 0 bridgehead atoms. The van der Waals surface area contributed by atoms with Crippen molar-refractivity contribution in [3.63, 3.8) is 0 Å². The molecular weight excluding hydrogens is 164 g/mol. The van der Waals surface area contributed by atoms with Gasteiger partial charge in [0.1, 0.15) is 6.61 Å². The summed E-state index contributed by atoms with van der Waals surface area (Å²) in [5.41, 5.74) is 1.02. The van der Waals surface area contributed by atoms with E-state index in [9.17, 15) is 4.79 Å². The lowest BCUT2D eigenvalue weighted by atomic mass is 10.1. The van der Waals surface area contributed by atoms with Gasteiger partial charge in [-0.1, -0.05) is 32.8 Å². The molecule has 0 radical (unpaired) electrons. The summed E-state index contributed by atoms with van der Waals surface area (Å²) < 4.78 is 4.82. The van der Waals surface area contributed by atoms with E-state index in [2.05, 4.69) is 13.5 Å². The highest BCUT2D eigenvalue weighted by molar-refractivity contribution is 5.66. The largest absolute Gasteiger partial charge is 0.461 e. The van der Waals surface area contributed by atoms with Crippen molar-refractivity contribution in [3.05, 3.63) is 12.2 Å². The van der Waals surface area contributed by atoms with Crippen molar-refractivity contribution < 1.29 is 9.53 Å². The second-order valence-electron chi connectivity index (χ2n) is 3.34. The fraction of sp³-hybridized carbons (Fsp3) is 0.727. The zero-order valence-electron chi connectivity index (χ0n) is 8.77. The van der Waals surface area contributed by atoms with E-state index < -0.39 is 0 Å². The highest BCUT2D eigenvalue weighted by atomic mass is 16.5. The van der Waals surface area contributed by atoms with Crippen LogP contribution in [0.4, 0.5) is 0 Å². The quantitative estimate of drug-likeness (QED) is 0.345. The first-order chi connectivity index (χ1) is 6.16. The Balaban J connectivity index is 3.25. The molecule has 0 N–H and O–H groups in total. The fourth-order valence-corrected chi connectivity index (χ4v) is 1.08. The third-order valence-corrected chi connectivity index (χ3v) is 1.86. The Morgan fingerprint density at radius 3 is 2.54 bits per heavy atom. The summed E-state index contributed by atoms with van der Waals surface area (Å²) >= 11 is 0. The molecule has 13 heavy (non-hydrogen) atoms. The molecular formula is C11H20O2. The minimum absolute atomic E-state index is 0.227. The molecule has 0 aromatic heterocycles. The minimum atomic E-state index is -0.227. The van der Waals surface area contributed by atoms with Gasteiger partial charge < -0.3 is 4.74 Å². The molecule has 0 aliphatic heterocycles. The summed E-state index contributed by atoms with van der Waals surface area (Å²) in [6.07, 6.45) is 5.91. The van der Waals surface area contributed by atoms with Crippen LogP contribution in [-0.2, 0) is 9.53 Å². The fourth-order valence-electron chi connectivity index (χ4n) is 1.08. The average Bonchev–Trinajstić information content (AvgIpc) is 2.09. The number of rotatable bonds is 7. The molecule has 0 unspecified atom stereocenters. The highest BCUT2D eigenvalue weighted by Gasteiger charge is 1.97. The van der Waals surface area contributed by atoms with E-state index in [1.165, 1.54) is 26.2 Å². The summed E-state index contributed by atoms with van der Waals surface area (Å²) in [6.45, 7) is 7.85. The third-order valence-electron chi connectivity index (χ3n) is 1.86. The van der Waals surface area contributed by atoms with Crippen LogP contribution in [0, 0.1) is 0 Å². The van der Waals surface area contributed by atoms with Crippen molar-refractivity contribution in [1.29, 1.82) is 0 Å². The molecule has 2 heteroatoms. The Kier molecular flexibility index (Phi) is 7.36. The maximum absolute atomic E-state index is 10.5.